The van der Waals surface area contributed by atoms with Gasteiger partial charge in [-0.2, -0.15) is 0 Å². The SMILES string of the molecule is CC/C=C\C/C=C\C/C=C\C/C=C\C/C=C\C/C=C\C/C=C\C/C=C\CCCCCCC(=O)OCC(COC(=O)CCCCCCC/C=C\C/C=C\CCC)OC(=O)CCCCC/C=C\C/C=C\C/C=C\CC. The van der Waals surface area contributed by atoms with Crippen LogP contribution in [-0.4, -0.2) is 37.2 Å². The van der Waals surface area contributed by atoms with Gasteiger partial charge >= 0.3 is 17.9 Å². The van der Waals surface area contributed by atoms with E-state index in [0.29, 0.717) is 19.3 Å². The fraction of sp³-hybridized carbons (Fsp3) is 0.567. The molecule has 0 aromatic rings. The molecule has 1 atom stereocenters. The second kappa shape index (κ2) is 59.6. The molecule has 73 heavy (non-hydrogen) atoms. The zero-order chi connectivity index (χ0) is 52.9. The zero-order valence-corrected chi connectivity index (χ0v) is 46.6. The second-order valence-electron chi connectivity index (χ2n) is 18.4. The Hall–Kier alpha value is -4.97. The molecule has 0 N–H and O–H groups in total. The number of ether oxygens (including phenoxy) is 3. The molecule has 6 nitrogen and oxygen atoms in total. The molecule has 0 bridgehead atoms. The lowest BCUT2D eigenvalue weighted by atomic mass is 10.1. The highest BCUT2D eigenvalue weighted by Gasteiger charge is 2.19. The van der Waals surface area contributed by atoms with Crippen LogP contribution >= 0.6 is 0 Å². The molecular weight excluding hydrogens is 901 g/mol. The fourth-order valence-corrected chi connectivity index (χ4v) is 7.21. The Morgan fingerprint density at radius 3 is 0.849 bits per heavy atom. The van der Waals surface area contributed by atoms with Crippen LogP contribution in [-0.2, 0) is 28.6 Å². The molecule has 0 fully saturated rings. The highest BCUT2D eigenvalue weighted by Crippen LogP contribution is 2.12. The summed E-state index contributed by atoms with van der Waals surface area (Å²) in [5, 5.41) is 0. The van der Waals surface area contributed by atoms with Crippen molar-refractivity contribution < 1.29 is 28.6 Å². The second-order valence-corrected chi connectivity index (χ2v) is 18.4. The monoisotopic (exact) mass is 1000 g/mol. The summed E-state index contributed by atoms with van der Waals surface area (Å²) in [5.74, 6) is -0.991. The van der Waals surface area contributed by atoms with Crippen LogP contribution in [0.1, 0.15) is 226 Å². The topological polar surface area (TPSA) is 78.9 Å². The third kappa shape index (κ3) is 57.8. The third-order valence-electron chi connectivity index (χ3n) is 11.5. The van der Waals surface area contributed by atoms with Gasteiger partial charge in [0.05, 0.1) is 0 Å². The highest BCUT2D eigenvalue weighted by molar-refractivity contribution is 5.71. The molecular formula is C67H104O6. The number of rotatable bonds is 50. The predicted octanol–water partition coefficient (Wildman–Crippen LogP) is 19.8. The fourth-order valence-electron chi connectivity index (χ4n) is 7.21. The van der Waals surface area contributed by atoms with Crippen molar-refractivity contribution in [3.63, 3.8) is 0 Å². The number of allylic oxidation sites excluding steroid dienone is 26. The van der Waals surface area contributed by atoms with E-state index in [1.54, 1.807) is 0 Å². The molecule has 0 aromatic carbocycles. The van der Waals surface area contributed by atoms with E-state index in [1.807, 2.05) is 0 Å². The Bertz CT molecular complexity index is 1670. The quantitative estimate of drug-likeness (QED) is 0.0261. The Balaban J connectivity index is 4.40. The van der Waals surface area contributed by atoms with Crippen LogP contribution in [0, 0.1) is 0 Å². The van der Waals surface area contributed by atoms with E-state index in [-0.39, 0.29) is 37.5 Å². The molecule has 0 heterocycles. The number of esters is 3. The average molecular weight is 1010 g/mol. The molecule has 0 aliphatic carbocycles. The van der Waals surface area contributed by atoms with Gasteiger partial charge < -0.3 is 14.2 Å². The lowest BCUT2D eigenvalue weighted by molar-refractivity contribution is -0.167. The molecule has 0 amide bonds. The van der Waals surface area contributed by atoms with Crippen molar-refractivity contribution in [2.45, 2.75) is 232 Å². The zero-order valence-electron chi connectivity index (χ0n) is 46.6. The van der Waals surface area contributed by atoms with Crippen LogP contribution in [0.15, 0.2) is 158 Å². The minimum Gasteiger partial charge on any atom is -0.462 e. The minimum absolute atomic E-state index is 0.112. The maximum Gasteiger partial charge on any atom is 0.306 e. The molecule has 0 rings (SSSR count). The van der Waals surface area contributed by atoms with Crippen molar-refractivity contribution in [3.8, 4) is 0 Å². The van der Waals surface area contributed by atoms with Crippen LogP contribution < -0.4 is 0 Å². The molecule has 0 radical (unpaired) electrons. The molecule has 0 saturated heterocycles. The van der Waals surface area contributed by atoms with E-state index in [4.69, 9.17) is 14.2 Å². The summed E-state index contributed by atoms with van der Waals surface area (Å²) in [5.41, 5.74) is 0. The summed E-state index contributed by atoms with van der Waals surface area (Å²) in [4.78, 5) is 38.1. The Labute approximate surface area is 448 Å². The van der Waals surface area contributed by atoms with Gasteiger partial charge in [0.15, 0.2) is 6.10 Å². The molecule has 0 aliphatic rings. The number of hydrogen-bond donors (Lipinski definition) is 0. The van der Waals surface area contributed by atoms with Crippen molar-refractivity contribution >= 4 is 17.9 Å². The van der Waals surface area contributed by atoms with E-state index < -0.39 is 6.10 Å². The largest absolute Gasteiger partial charge is 0.462 e. The number of carbonyl (C=O) groups excluding carboxylic acids is 3. The minimum atomic E-state index is -0.817. The first kappa shape index (κ1) is 68.0. The normalized spacial score (nSPS) is 13.3. The lowest BCUT2D eigenvalue weighted by Crippen LogP contribution is -2.30. The maximum atomic E-state index is 12.8. The Kier molecular flexibility index (Phi) is 55.5. The standard InChI is InChI=1S/C67H104O6/c1-4-7-10-13-16-19-22-25-26-27-28-29-30-31-32-33-34-35-36-37-38-39-40-43-45-48-51-54-57-60-66(69)72-63-64(73-67(70)61-58-55-52-49-46-42-24-21-18-15-12-9-6-3)62-71-65(68)59-56-53-50-47-44-41-23-20-17-14-11-8-5-2/h7,9-12,14,16,18-21,23,25-26,28-29,31-32,34-35,37-38,40,42-43,46,64H,4-6,8,13,15,17,22,24,27,30,33,36,39,41,44-45,47-63H2,1-3H3/b10-7-,12-9-,14-11-,19-16-,21-18-,23-20-,26-25-,29-28-,32-31-,35-34-,38-37-,43-40-,46-42-. The van der Waals surface area contributed by atoms with E-state index in [1.165, 1.54) is 6.42 Å². The smallest absolute Gasteiger partial charge is 0.306 e. The predicted molar refractivity (Wildman–Crippen MR) is 315 cm³/mol. The van der Waals surface area contributed by atoms with Gasteiger partial charge in [0.25, 0.3) is 0 Å². The van der Waals surface area contributed by atoms with E-state index in [0.717, 1.165) is 173 Å². The molecule has 0 aliphatic heterocycles. The number of unbranched alkanes of at least 4 members (excludes halogenated alkanes) is 13. The van der Waals surface area contributed by atoms with Crippen molar-refractivity contribution in [2.75, 3.05) is 13.2 Å². The third-order valence-corrected chi connectivity index (χ3v) is 11.5. The van der Waals surface area contributed by atoms with Crippen LogP contribution in [0.2, 0.25) is 0 Å². The van der Waals surface area contributed by atoms with Gasteiger partial charge in [-0.15, -0.1) is 0 Å². The molecule has 0 spiro atoms. The van der Waals surface area contributed by atoms with Crippen LogP contribution in [0.25, 0.3) is 0 Å². The summed E-state index contributed by atoms with van der Waals surface area (Å²) >= 11 is 0. The first-order chi connectivity index (χ1) is 36.0. The van der Waals surface area contributed by atoms with E-state index in [9.17, 15) is 14.4 Å². The van der Waals surface area contributed by atoms with Crippen LogP contribution in [0.4, 0.5) is 0 Å². The van der Waals surface area contributed by atoms with Gasteiger partial charge in [0, 0.05) is 19.3 Å². The maximum absolute atomic E-state index is 12.8. The summed E-state index contributed by atoms with van der Waals surface area (Å²) < 4.78 is 16.8. The van der Waals surface area contributed by atoms with Gasteiger partial charge in [0.1, 0.15) is 13.2 Å². The summed E-state index contributed by atoms with van der Waals surface area (Å²) in [6, 6.07) is 0. The van der Waals surface area contributed by atoms with E-state index >= 15 is 0 Å². The van der Waals surface area contributed by atoms with Gasteiger partial charge in [-0.1, -0.05) is 224 Å². The van der Waals surface area contributed by atoms with E-state index in [2.05, 4.69) is 179 Å². The molecule has 1 unspecified atom stereocenters. The average Bonchev–Trinajstić information content (AvgIpc) is 3.39. The first-order valence-corrected chi connectivity index (χ1v) is 29.0. The number of carbonyl (C=O) groups is 3. The Morgan fingerprint density at radius 2 is 0.534 bits per heavy atom. The van der Waals surface area contributed by atoms with Gasteiger partial charge in [-0.3, -0.25) is 14.4 Å². The molecule has 0 saturated carbocycles. The summed E-state index contributed by atoms with van der Waals surface area (Å²) in [7, 11) is 0. The van der Waals surface area contributed by atoms with Gasteiger partial charge in [0.2, 0.25) is 0 Å². The van der Waals surface area contributed by atoms with Crippen LogP contribution in [0.5, 0.6) is 0 Å². The van der Waals surface area contributed by atoms with Crippen molar-refractivity contribution in [3.05, 3.63) is 158 Å². The lowest BCUT2D eigenvalue weighted by Gasteiger charge is -2.18. The van der Waals surface area contributed by atoms with Crippen molar-refractivity contribution in [2.24, 2.45) is 0 Å². The number of hydrogen-bond acceptors (Lipinski definition) is 6. The summed E-state index contributed by atoms with van der Waals surface area (Å²) in [6.45, 7) is 6.26. The van der Waals surface area contributed by atoms with Gasteiger partial charge in [-0.25, -0.2) is 0 Å². The highest BCUT2D eigenvalue weighted by atomic mass is 16.6. The first-order valence-electron chi connectivity index (χ1n) is 29.0. The molecule has 408 valence electrons. The Morgan fingerprint density at radius 1 is 0.288 bits per heavy atom. The summed E-state index contributed by atoms with van der Waals surface area (Å²) in [6.07, 6.45) is 86.7. The molecule has 6 heteroatoms. The van der Waals surface area contributed by atoms with Crippen LogP contribution in [0.3, 0.4) is 0 Å². The van der Waals surface area contributed by atoms with Gasteiger partial charge in [-0.05, 0) is 141 Å². The molecule has 0 aromatic heterocycles. The van der Waals surface area contributed by atoms with Crippen molar-refractivity contribution in [1.82, 2.24) is 0 Å². The van der Waals surface area contributed by atoms with Crippen molar-refractivity contribution in [1.29, 1.82) is 0 Å².